The quantitative estimate of drug-likeness (QED) is 0.0189. The number of hydrogen-bond acceptors (Lipinski definition) is 18. The number of guanidine groups is 1. The molecule has 3 aromatic carbocycles. The van der Waals surface area contributed by atoms with E-state index in [1.807, 2.05) is 0 Å². The molecule has 7 rings (SSSR count). The number of H-pyrrole nitrogens is 3. The summed E-state index contributed by atoms with van der Waals surface area (Å²) >= 11 is 0.862. The summed E-state index contributed by atoms with van der Waals surface area (Å²) in [4.78, 5) is 210. The average Bonchev–Trinajstić information content (AvgIpc) is 1.64. The van der Waals surface area contributed by atoms with Crippen LogP contribution in [-0.2, 0) is 86.4 Å². The zero-order chi connectivity index (χ0) is 81.9. The predicted octanol–water partition coefficient (Wildman–Crippen LogP) is -2.54. The highest BCUT2D eigenvalue weighted by molar-refractivity contribution is 8.00. The van der Waals surface area contributed by atoms with Crippen molar-refractivity contribution in [1.82, 2.24) is 84.1 Å². The van der Waals surface area contributed by atoms with E-state index in [9.17, 15) is 62.6 Å². The van der Waals surface area contributed by atoms with Crippen molar-refractivity contribution in [2.75, 3.05) is 37.7 Å². The summed E-state index contributed by atoms with van der Waals surface area (Å²) in [6.07, 6.45) is 4.07. The van der Waals surface area contributed by atoms with Crippen LogP contribution in [0, 0.1) is 23.2 Å². The van der Waals surface area contributed by atoms with Gasteiger partial charge in [-0.05, 0) is 91.3 Å². The van der Waals surface area contributed by atoms with Gasteiger partial charge in [0, 0.05) is 82.9 Å². The van der Waals surface area contributed by atoms with Crippen LogP contribution in [0.3, 0.4) is 0 Å². The van der Waals surface area contributed by atoms with Crippen molar-refractivity contribution < 1.29 is 72.2 Å². The van der Waals surface area contributed by atoms with E-state index in [1.54, 1.807) is 133 Å². The summed E-state index contributed by atoms with van der Waals surface area (Å²) in [5.41, 5.74) is 26.7. The number of aromatic amines is 3. The first-order chi connectivity index (χ1) is 53.4. The normalized spacial score (nSPS) is 23.2. The van der Waals surface area contributed by atoms with Gasteiger partial charge in [0.1, 0.15) is 66.5 Å². The van der Waals surface area contributed by atoms with Crippen molar-refractivity contribution in [1.29, 1.82) is 5.41 Å². The first-order valence-electron chi connectivity index (χ1n) is 37.2. The van der Waals surface area contributed by atoms with E-state index in [0.717, 1.165) is 11.8 Å². The molecule has 14 amide bonds. The highest BCUT2D eigenvalue weighted by atomic mass is 32.2. The maximum atomic E-state index is 15.1. The second-order valence-electron chi connectivity index (χ2n) is 28.4. The Morgan fingerprint density at radius 3 is 1.35 bits per heavy atom. The number of aromatic nitrogens is 3. The molecule has 12 atom stereocenters. The summed E-state index contributed by atoms with van der Waals surface area (Å²) in [6, 6.07) is 4.44. The second kappa shape index (κ2) is 42.5. The smallest absolute Gasteiger partial charge is 0.245 e. The number of fused-ring (bicyclic) bond motifs is 3. The minimum absolute atomic E-state index is 0.0135. The standard InChI is InChI=1S/C75H105N21O15S/c1-7-40(6)63-74(111)92-56(35-97)65(102)85-34-59(99)86-50(24-16-26-81-75(79)80)66(103)91-55(30-58(77)98)68(105)90-54(29-43-33-84-49-22-13-10-19-46(43)49)71(108)94-61(38(2)3)72(109)88-51(23-14-15-25-76)67(104)89-53(28-42-32-83-48-21-12-9-18-45(42)48)70(107)95-62(39(4)5)73(110)93-57(64(78)101)36-112-37-60(100)87-52(69(106)96-63)27-41-31-82-47-20-11-8-17-44(41)47/h8-13,17-22,31-33,38-40,50-57,61-63,82-84,97H,7,14-16,23-30,34-37,76H2,1-6H3,(H2,77,98)(H2,78,101)(H,85,102)(H,86,99)(H,87,100)(H,88,109)(H,89,104)(H,90,105)(H,91,103)(H,92,111)(H,93,110)(H,94,108)(H,95,107)(H,96,106)(H4,79,80,81)/t40-,50-,51+,52-,53-,54-,55-,56-,57-,61-,62-,63-/m0/s1. The lowest BCUT2D eigenvalue weighted by Gasteiger charge is -2.29. The number of hydrogen-bond donors (Lipinski definition) is 22. The van der Waals surface area contributed by atoms with Crippen molar-refractivity contribution >= 4 is 133 Å². The third kappa shape index (κ3) is 25.5. The van der Waals surface area contributed by atoms with E-state index < -0.39 is 198 Å². The zero-order valence-electron chi connectivity index (χ0n) is 63.4. The number of nitrogens with one attached hydrogen (secondary N) is 17. The number of primary amides is 2. The van der Waals surface area contributed by atoms with Crippen molar-refractivity contribution in [3.05, 3.63) is 108 Å². The molecule has 26 N–H and O–H groups in total. The van der Waals surface area contributed by atoms with Crippen LogP contribution in [0.15, 0.2) is 91.4 Å². The number of carbonyl (C=O) groups excluding carboxylic acids is 14. The molecule has 0 unspecified atom stereocenters. The van der Waals surface area contributed by atoms with Crippen LogP contribution in [0.5, 0.6) is 0 Å². The Kier molecular flexibility index (Phi) is 33.3. The summed E-state index contributed by atoms with van der Waals surface area (Å²) in [5.74, 6) is -16.7. The van der Waals surface area contributed by atoms with E-state index in [-0.39, 0.29) is 70.2 Å². The number of carbonyl (C=O) groups is 14. The third-order valence-electron chi connectivity index (χ3n) is 19.2. The first-order valence-corrected chi connectivity index (χ1v) is 38.3. The van der Waals surface area contributed by atoms with Crippen molar-refractivity contribution in [3.63, 3.8) is 0 Å². The van der Waals surface area contributed by atoms with Crippen LogP contribution in [0.2, 0.25) is 0 Å². The molecule has 0 radical (unpaired) electrons. The van der Waals surface area contributed by atoms with Crippen LogP contribution in [-0.4, -0.2) is 213 Å². The lowest BCUT2D eigenvalue weighted by molar-refractivity contribution is -0.137. The topological polar surface area (TPSA) is 591 Å². The molecule has 0 aliphatic carbocycles. The monoisotopic (exact) mass is 1570 g/mol. The van der Waals surface area contributed by atoms with E-state index in [0.29, 0.717) is 55.8 Å². The Labute approximate surface area is 650 Å². The Morgan fingerprint density at radius 2 is 0.893 bits per heavy atom. The summed E-state index contributed by atoms with van der Waals surface area (Å²) in [5, 5.41) is 54.1. The molecular weight excluding hydrogens is 1470 g/mol. The van der Waals surface area contributed by atoms with Gasteiger partial charge in [0.25, 0.3) is 0 Å². The molecule has 36 nitrogen and oxygen atoms in total. The number of rotatable bonds is 22. The van der Waals surface area contributed by atoms with Gasteiger partial charge in [-0.2, -0.15) is 0 Å². The number of benzene rings is 3. The third-order valence-corrected chi connectivity index (χ3v) is 20.2. The summed E-state index contributed by atoms with van der Waals surface area (Å²) in [7, 11) is 0. The molecule has 112 heavy (non-hydrogen) atoms. The molecule has 4 heterocycles. The van der Waals surface area contributed by atoms with E-state index in [2.05, 4.69) is 84.1 Å². The largest absolute Gasteiger partial charge is 0.394 e. The molecule has 1 fully saturated rings. The molecule has 0 spiro atoms. The molecule has 6 aromatic rings. The number of para-hydroxylation sites is 3. The number of amides is 14. The van der Waals surface area contributed by atoms with Gasteiger partial charge >= 0.3 is 0 Å². The highest BCUT2D eigenvalue weighted by Gasteiger charge is 2.39. The molecule has 606 valence electrons. The summed E-state index contributed by atoms with van der Waals surface area (Å²) < 4.78 is 0. The van der Waals surface area contributed by atoms with E-state index >= 15 is 9.59 Å². The second-order valence-corrected chi connectivity index (χ2v) is 29.4. The Balaban J connectivity index is 1.26. The SMILES string of the molecule is CC[C@H](C)[C@@H]1NC(=O)[C@H](Cc2c[nH]c3ccccc23)NC(=O)CSC[C@@H](C(N)=O)NC(=O)[C@H](C(C)C)NC(=O)[C@H](Cc2c[nH]c3ccccc23)NC(=O)[C@@H](CCCCN)NC(=O)[C@H](C(C)C)NC(=O)[C@H](Cc2c[nH]c3ccccc23)NC(=O)[C@H](CC(N)=O)NC(=O)[C@H](CCCNC(=N)N)NC(=O)CNC(=O)[C@H](CO)NC1=O. The Hall–Kier alpha value is -11.6. The Bertz CT molecular complexity index is 4350. The van der Waals surface area contributed by atoms with Gasteiger partial charge in [-0.1, -0.05) is 103 Å². The highest BCUT2D eigenvalue weighted by Crippen LogP contribution is 2.24. The number of thioether (sulfide) groups is 1. The first kappa shape index (κ1) is 87.6. The molecule has 3 aromatic heterocycles. The zero-order valence-corrected chi connectivity index (χ0v) is 64.3. The Morgan fingerprint density at radius 1 is 0.491 bits per heavy atom. The molecule has 0 bridgehead atoms. The number of unbranched alkanes of at least 4 members (excludes halogenated alkanes) is 1. The minimum atomic E-state index is -1.87. The lowest BCUT2D eigenvalue weighted by atomic mass is 9.96. The van der Waals surface area contributed by atoms with Crippen molar-refractivity contribution in [2.45, 2.75) is 172 Å². The minimum Gasteiger partial charge on any atom is -0.394 e. The lowest BCUT2D eigenvalue weighted by Crippen LogP contribution is -2.62. The van der Waals surface area contributed by atoms with Gasteiger partial charge in [0.05, 0.1) is 25.3 Å². The number of aliphatic hydroxyl groups is 1. The van der Waals surface area contributed by atoms with Crippen molar-refractivity contribution in [3.8, 4) is 0 Å². The van der Waals surface area contributed by atoms with Gasteiger partial charge in [-0.25, -0.2) is 0 Å². The maximum absolute atomic E-state index is 15.1. The van der Waals surface area contributed by atoms with Crippen LogP contribution < -0.4 is 92.1 Å². The van der Waals surface area contributed by atoms with E-state index in [4.69, 9.17) is 28.3 Å². The molecular formula is C75H105N21O15S. The molecule has 1 saturated heterocycles. The fourth-order valence-electron chi connectivity index (χ4n) is 12.7. The predicted molar refractivity (Wildman–Crippen MR) is 419 cm³/mol. The number of nitrogens with two attached hydrogens (primary N) is 4. The molecule has 37 heteroatoms. The van der Waals surface area contributed by atoms with Gasteiger partial charge in [-0.15, -0.1) is 11.8 Å². The van der Waals surface area contributed by atoms with Crippen LogP contribution in [0.4, 0.5) is 0 Å². The van der Waals surface area contributed by atoms with Crippen LogP contribution in [0.25, 0.3) is 32.7 Å². The van der Waals surface area contributed by atoms with Gasteiger partial charge < -0.3 is 112 Å². The average molecular weight is 1570 g/mol. The van der Waals surface area contributed by atoms with Gasteiger partial charge in [0.15, 0.2) is 5.96 Å². The number of aliphatic hydroxyl groups excluding tert-OH is 1. The van der Waals surface area contributed by atoms with Crippen molar-refractivity contribution in [2.24, 2.45) is 40.7 Å². The van der Waals surface area contributed by atoms with Gasteiger partial charge in [0.2, 0.25) is 82.7 Å². The van der Waals surface area contributed by atoms with Gasteiger partial charge in [-0.3, -0.25) is 72.5 Å². The van der Waals surface area contributed by atoms with Crippen LogP contribution in [0.1, 0.15) is 103 Å². The van der Waals surface area contributed by atoms with Crippen LogP contribution >= 0.6 is 11.8 Å². The molecule has 1 aliphatic rings. The maximum Gasteiger partial charge on any atom is 0.245 e. The molecule has 0 saturated carbocycles. The van der Waals surface area contributed by atoms with E-state index in [1.165, 1.54) is 0 Å². The fourth-order valence-corrected chi connectivity index (χ4v) is 13.6. The summed E-state index contributed by atoms with van der Waals surface area (Å²) in [6.45, 7) is 8.04. The molecule has 1 aliphatic heterocycles. The fraction of sp³-hybridized carbons (Fsp3) is 0.480.